The van der Waals surface area contributed by atoms with Crippen molar-refractivity contribution in [1.82, 2.24) is 5.43 Å². The number of Topliss-reactive ketones (excluding diaryl/α,β-unsaturated/α-hetero) is 1. The summed E-state index contributed by atoms with van der Waals surface area (Å²) in [5, 5.41) is 5.37. The van der Waals surface area contributed by atoms with E-state index in [1.807, 2.05) is 10.7 Å². The third kappa shape index (κ3) is 4.61. The highest BCUT2D eigenvalue weighted by Crippen LogP contribution is 2.36. The van der Waals surface area contributed by atoms with E-state index in [2.05, 4.69) is 9.84 Å². The summed E-state index contributed by atoms with van der Waals surface area (Å²) in [5.41, 5.74) is -0.137. The van der Waals surface area contributed by atoms with Gasteiger partial charge in [0.25, 0.3) is 5.78 Å². The molecule has 0 radical (unpaired) electrons. The van der Waals surface area contributed by atoms with Gasteiger partial charge in [-0.1, -0.05) is 6.07 Å². The Kier molecular flexibility index (Phi) is 4.90. The number of nitrogens with zero attached hydrogens (tertiary/aromatic N) is 1. The van der Waals surface area contributed by atoms with E-state index in [1.165, 1.54) is 0 Å². The Bertz CT molecular complexity index is 727. The van der Waals surface area contributed by atoms with Gasteiger partial charge in [0.1, 0.15) is 12.3 Å². The molecular formula is C13H9F6N3O3. The second-order valence-corrected chi connectivity index (χ2v) is 4.78. The average molecular weight is 369 g/mol. The largest absolute Gasteiger partial charge is 0.451 e. The van der Waals surface area contributed by atoms with Crippen LogP contribution in [0.1, 0.15) is 11.1 Å². The number of hydrogen-bond acceptors (Lipinski definition) is 5. The first-order valence-corrected chi connectivity index (χ1v) is 6.53. The maximum atomic E-state index is 13.1. The van der Waals surface area contributed by atoms with Crippen LogP contribution in [0.3, 0.4) is 0 Å². The van der Waals surface area contributed by atoms with Crippen LogP contribution in [0, 0.1) is 0 Å². The van der Waals surface area contributed by atoms with Crippen LogP contribution in [0.15, 0.2) is 23.3 Å². The van der Waals surface area contributed by atoms with Crippen LogP contribution in [0.2, 0.25) is 0 Å². The molecule has 0 fully saturated rings. The zero-order valence-electron chi connectivity index (χ0n) is 12.1. The summed E-state index contributed by atoms with van der Waals surface area (Å²) >= 11 is 0. The molecule has 25 heavy (non-hydrogen) atoms. The number of carbonyl (C=O) groups is 2. The fourth-order valence-corrected chi connectivity index (χ4v) is 1.85. The van der Waals surface area contributed by atoms with E-state index in [0.29, 0.717) is 6.07 Å². The fraction of sp³-hybridized carbons (Fsp3) is 0.308. The van der Waals surface area contributed by atoms with Crippen LogP contribution in [-0.2, 0) is 15.7 Å². The van der Waals surface area contributed by atoms with E-state index in [0.717, 1.165) is 12.1 Å². The van der Waals surface area contributed by atoms with Crippen molar-refractivity contribution in [3.05, 3.63) is 29.3 Å². The molecule has 1 aliphatic rings. The molecule has 0 bridgehead atoms. The van der Waals surface area contributed by atoms with Crippen molar-refractivity contribution in [2.45, 2.75) is 12.4 Å². The van der Waals surface area contributed by atoms with E-state index in [-0.39, 0.29) is 17.9 Å². The number of rotatable bonds is 4. The summed E-state index contributed by atoms with van der Waals surface area (Å²) in [6.07, 6.45) is -10.9. The van der Waals surface area contributed by atoms with E-state index < -0.39 is 42.0 Å². The minimum atomic E-state index is -5.16. The molecule has 0 aromatic heterocycles. The summed E-state index contributed by atoms with van der Waals surface area (Å²) in [4.78, 5) is 21.6. The van der Waals surface area contributed by atoms with Crippen molar-refractivity contribution in [2.75, 3.05) is 18.5 Å². The average Bonchev–Trinajstić information content (AvgIpc) is 2.51. The molecule has 1 heterocycles. The normalized spacial score (nSPS) is 15.1. The van der Waals surface area contributed by atoms with Crippen molar-refractivity contribution in [1.29, 1.82) is 0 Å². The van der Waals surface area contributed by atoms with Crippen LogP contribution >= 0.6 is 0 Å². The van der Waals surface area contributed by atoms with Gasteiger partial charge in [0.2, 0.25) is 0 Å². The number of carbonyl (C=O) groups excluding carboxylic acids is 2. The number of halogens is 6. The molecule has 1 aliphatic heterocycles. The molecule has 0 saturated carbocycles. The fourth-order valence-electron chi connectivity index (χ4n) is 1.85. The van der Waals surface area contributed by atoms with Gasteiger partial charge in [-0.05, 0) is 12.1 Å². The Labute approximate surface area is 135 Å². The van der Waals surface area contributed by atoms with Crippen LogP contribution < -0.4 is 10.7 Å². The van der Waals surface area contributed by atoms with E-state index in [4.69, 9.17) is 0 Å². The predicted molar refractivity (Wildman–Crippen MR) is 72.0 cm³/mol. The molecule has 1 aromatic carbocycles. The second kappa shape index (κ2) is 6.61. The highest BCUT2D eigenvalue weighted by molar-refractivity contribution is 6.04. The second-order valence-electron chi connectivity index (χ2n) is 4.78. The standard InChI is InChI=1S/C13H9F6N3O3/c14-12(15,16)7-3-6(9-5-25-11(24)22-21-9)1-2-8(7)20-4-10(23)13(17,18)19/h1-3,20H,4-5H2,(H,22,24). The van der Waals surface area contributed by atoms with Gasteiger partial charge in [-0.3, -0.25) is 4.79 Å². The van der Waals surface area contributed by atoms with Gasteiger partial charge in [0, 0.05) is 11.3 Å². The molecule has 0 unspecified atom stereocenters. The molecule has 2 N–H and O–H groups in total. The topological polar surface area (TPSA) is 79.8 Å². The Morgan fingerprint density at radius 2 is 1.92 bits per heavy atom. The maximum Gasteiger partial charge on any atom is 0.451 e. The Morgan fingerprint density at radius 3 is 2.44 bits per heavy atom. The number of benzene rings is 1. The van der Waals surface area contributed by atoms with Crippen molar-refractivity contribution >= 4 is 23.3 Å². The van der Waals surface area contributed by atoms with Crippen LogP contribution in [0.4, 0.5) is 36.8 Å². The smallest absolute Gasteiger partial charge is 0.442 e. The zero-order valence-corrected chi connectivity index (χ0v) is 12.1. The minimum Gasteiger partial charge on any atom is -0.442 e. The lowest BCUT2D eigenvalue weighted by molar-refractivity contribution is -0.168. The van der Waals surface area contributed by atoms with Crippen molar-refractivity contribution in [3.8, 4) is 0 Å². The molecule has 0 saturated heterocycles. The van der Waals surface area contributed by atoms with E-state index >= 15 is 0 Å². The minimum absolute atomic E-state index is 0.0111. The maximum absolute atomic E-state index is 13.1. The molecule has 0 aliphatic carbocycles. The van der Waals surface area contributed by atoms with E-state index in [1.54, 1.807) is 0 Å². The third-order valence-electron chi connectivity index (χ3n) is 3.04. The van der Waals surface area contributed by atoms with Gasteiger partial charge >= 0.3 is 18.4 Å². The molecule has 136 valence electrons. The summed E-state index contributed by atoms with van der Waals surface area (Å²) in [6.45, 7) is -1.71. The molecule has 12 heteroatoms. The quantitative estimate of drug-likeness (QED) is 0.800. The van der Waals surface area contributed by atoms with Gasteiger partial charge in [-0.2, -0.15) is 31.4 Å². The highest BCUT2D eigenvalue weighted by atomic mass is 19.4. The number of amides is 1. The molecule has 0 atom stereocenters. The number of nitrogens with one attached hydrogen (secondary N) is 2. The van der Waals surface area contributed by atoms with Crippen molar-refractivity contribution < 1.29 is 40.7 Å². The first-order chi connectivity index (χ1) is 11.5. The first-order valence-electron chi connectivity index (χ1n) is 6.53. The number of ketones is 1. The van der Waals surface area contributed by atoms with Crippen LogP contribution in [0.25, 0.3) is 0 Å². The molecule has 6 nitrogen and oxygen atoms in total. The van der Waals surface area contributed by atoms with Gasteiger partial charge in [-0.25, -0.2) is 10.2 Å². The number of anilines is 1. The van der Waals surface area contributed by atoms with Gasteiger partial charge in [-0.15, -0.1) is 0 Å². The Hall–Kier alpha value is -2.79. The van der Waals surface area contributed by atoms with Crippen molar-refractivity contribution in [2.24, 2.45) is 5.10 Å². The molecule has 1 aromatic rings. The highest BCUT2D eigenvalue weighted by Gasteiger charge is 2.39. The van der Waals surface area contributed by atoms with Gasteiger partial charge < -0.3 is 10.1 Å². The van der Waals surface area contributed by atoms with Crippen LogP contribution in [0.5, 0.6) is 0 Å². The lowest BCUT2D eigenvalue weighted by Crippen LogP contribution is -2.31. The number of hydrazone groups is 1. The summed E-state index contributed by atoms with van der Waals surface area (Å²) in [6, 6.07) is 2.62. The van der Waals surface area contributed by atoms with Crippen molar-refractivity contribution in [3.63, 3.8) is 0 Å². The number of cyclic esters (lactones) is 1. The number of alkyl halides is 6. The van der Waals surface area contributed by atoms with Crippen LogP contribution in [-0.4, -0.2) is 36.9 Å². The lowest BCUT2D eigenvalue weighted by atomic mass is 10.0. The number of ether oxygens (including phenoxy) is 1. The van der Waals surface area contributed by atoms with Gasteiger partial charge in [0.15, 0.2) is 0 Å². The molecule has 0 spiro atoms. The number of hydrogen-bond donors (Lipinski definition) is 2. The SMILES string of the molecule is O=C1NN=C(c2ccc(NCC(=O)C(F)(F)F)c(C(F)(F)F)c2)CO1. The third-order valence-corrected chi connectivity index (χ3v) is 3.04. The molecule has 1 amide bonds. The van der Waals surface area contributed by atoms with Gasteiger partial charge in [0.05, 0.1) is 12.1 Å². The first kappa shape index (κ1) is 18.5. The summed E-state index contributed by atoms with van der Waals surface area (Å²) < 4.78 is 80.4. The molecular weight excluding hydrogens is 360 g/mol. The predicted octanol–water partition coefficient (Wildman–Crippen LogP) is 2.69. The van der Waals surface area contributed by atoms with E-state index in [9.17, 15) is 35.9 Å². The zero-order chi connectivity index (χ0) is 18.8. The Morgan fingerprint density at radius 1 is 1.24 bits per heavy atom. The molecule has 2 rings (SSSR count). The Balaban J connectivity index is 2.29. The summed E-state index contributed by atoms with van der Waals surface area (Å²) in [5.74, 6) is -2.21. The summed E-state index contributed by atoms with van der Waals surface area (Å²) in [7, 11) is 0. The lowest BCUT2D eigenvalue weighted by Gasteiger charge is -2.18. The monoisotopic (exact) mass is 369 g/mol.